The Hall–Kier alpha value is -2.83. The van der Waals surface area contributed by atoms with Crippen molar-refractivity contribution in [3.63, 3.8) is 0 Å². The van der Waals surface area contributed by atoms with Crippen molar-refractivity contribution >= 4 is 39.8 Å². The number of rotatable bonds is 6. The Morgan fingerprint density at radius 2 is 2.07 bits per heavy atom. The van der Waals surface area contributed by atoms with Crippen LogP contribution in [0.3, 0.4) is 0 Å². The summed E-state index contributed by atoms with van der Waals surface area (Å²) in [6.45, 7) is 4.00. The van der Waals surface area contributed by atoms with Crippen LogP contribution in [0.15, 0.2) is 48.5 Å². The molecule has 1 amide bonds. The van der Waals surface area contributed by atoms with Gasteiger partial charge in [0.25, 0.3) is 0 Å². The Kier molecular flexibility index (Phi) is 6.06. The lowest BCUT2D eigenvalue weighted by Gasteiger charge is -2.23. The topological polar surface area (TPSA) is 80.5 Å². The molecule has 3 aromatic rings. The number of carbonyl (C=O) groups is 1. The quantitative estimate of drug-likeness (QED) is 0.618. The average molecular weight is 425 g/mol. The van der Waals surface area contributed by atoms with Gasteiger partial charge < -0.3 is 15.8 Å². The molecule has 4 rings (SSSR count). The number of amides is 1. The third-order valence-electron chi connectivity index (χ3n) is 5.36. The minimum absolute atomic E-state index is 0.00279. The molecule has 0 saturated carbocycles. The van der Waals surface area contributed by atoms with E-state index in [-0.39, 0.29) is 11.9 Å². The second kappa shape index (κ2) is 8.90. The minimum atomic E-state index is -0.164. The van der Waals surface area contributed by atoms with E-state index in [1.54, 1.807) is 12.1 Å². The van der Waals surface area contributed by atoms with Gasteiger partial charge in [0.15, 0.2) is 0 Å². The molecule has 2 heterocycles. The van der Waals surface area contributed by atoms with Crippen LogP contribution in [-0.4, -0.2) is 41.5 Å². The van der Waals surface area contributed by atoms with Gasteiger partial charge in [0.2, 0.25) is 5.91 Å². The number of nitrogens with zero attached hydrogens (tertiary/aromatic N) is 2. The molecule has 0 aliphatic carbocycles. The Balaban J connectivity index is 1.37. The zero-order valence-corrected chi connectivity index (χ0v) is 17.7. The Morgan fingerprint density at radius 3 is 2.87 bits per heavy atom. The lowest BCUT2D eigenvalue weighted by Crippen LogP contribution is -2.41. The summed E-state index contributed by atoms with van der Waals surface area (Å²) in [7, 11) is 0. The van der Waals surface area contributed by atoms with Crippen molar-refractivity contribution in [2.24, 2.45) is 0 Å². The average Bonchev–Trinajstić information content (AvgIpc) is 3.18. The fourth-order valence-corrected chi connectivity index (χ4v) is 4.02. The first kappa shape index (κ1) is 20.4. The van der Waals surface area contributed by atoms with Crippen molar-refractivity contribution in [2.75, 3.05) is 30.7 Å². The van der Waals surface area contributed by atoms with Crippen molar-refractivity contribution < 1.29 is 9.53 Å². The lowest BCUT2D eigenvalue weighted by atomic mass is 10.1. The number of nitrogen functional groups attached to an aromatic ring is 1. The summed E-state index contributed by atoms with van der Waals surface area (Å²) in [5.41, 5.74) is 9.22. The molecule has 7 heteroatoms. The van der Waals surface area contributed by atoms with E-state index >= 15 is 0 Å². The highest BCUT2D eigenvalue weighted by Crippen LogP contribution is 2.25. The first-order valence-corrected chi connectivity index (χ1v) is 10.5. The summed E-state index contributed by atoms with van der Waals surface area (Å²) in [6.07, 6.45) is 1.83. The number of likely N-dealkylation sites (tertiary alicyclic amines) is 1. The number of benzene rings is 2. The van der Waals surface area contributed by atoms with Gasteiger partial charge in [-0.1, -0.05) is 11.6 Å². The summed E-state index contributed by atoms with van der Waals surface area (Å²) in [5, 5.41) is 4.57. The van der Waals surface area contributed by atoms with Gasteiger partial charge in [-0.2, -0.15) is 0 Å². The van der Waals surface area contributed by atoms with Crippen LogP contribution in [0.1, 0.15) is 18.5 Å². The number of fused-ring (bicyclic) bond motifs is 1. The molecule has 156 valence electrons. The van der Waals surface area contributed by atoms with E-state index in [0.29, 0.717) is 23.9 Å². The maximum absolute atomic E-state index is 12.9. The van der Waals surface area contributed by atoms with E-state index in [4.69, 9.17) is 22.1 Å². The van der Waals surface area contributed by atoms with E-state index in [9.17, 15) is 4.79 Å². The molecular weight excluding hydrogens is 400 g/mol. The molecule has 1 atom stereocenters. The van der Waals surface area contributed by atoms with Gasteiger partial charge in [0, 0.05) is 34.0 Å². The first-order valence-electron chi connectivity index (χ1n) is 10.1. The van der Waals surface area contributed by atoms with Gasteiger partial charge in [0.1, 0.15) is 12.4 Å². The van der Waals surface area contributed by atoms with Crippen molar-refractivity contribution in [1.29, 1.82) is 0 Å². The molecule has 1 fully saturated rings. The number of nitrogens with one attached hydrogen (secondary N) is 1. The van der Waals surface area contributed by atoms with Crippen LogP contribution in [0, 0.1) is 6.92 Å². The SMILES string of the molecule is Cc1cc(N)c2cc(NC(=O)[C@@H]3CCCN3CCOc3ccc(Cl)cc3)ccc2n1. The standard InChI is InChI=1S/C23H25ClN4O2/c1-15-13-20(25)19-14-17(6-9-21(19)26-15)27-23(29)22-3-2-10-28(22)11-12-30-18-7-4-16(24)5-8-18/h4-9,13-14,22H,2-3,10-12H2,1H3,(H2,25,26)(H,27,29)/t22-/m0/s1. The number of halogens is 1. The van der Waals surface area contributed by atoms with Crippen LogP contribution in [0.25, 0.3) is 10.9 Å². The summed E-state index contributed by atoms with van der Waals surface area (Å²) in [5.74, 6) is 0.772. The van der Waals surface area contributed by atoms with Crippen LogP contribution < -0.4 is 15.8 Å². The molecule has 1 aliphatic rings. The van der Waals surface area contributed by atoms with E-state index in [2.05, 4.69) is 15.2 Å². The summed E-state index contributed by atoms with van der Waals surface area (Å²) < 4.78 is 5.79. The summed E-state index contributed by atoms with van der Waals surface area (Å²) >= 11 is 5.90. The third-order valence-corrected chi connectivity index (χ3v) is 5.62. The lowest BCUT2D eigenvalue weighted by molar-refractivity contribution is -0.120. The summed E-state index contributed by atoms with van der Waals surface area (Å²) in [4.78, 5) is 19.6. The third kappa shape index (κ3) is 4.66. The van der Waals surface area contributed by atoms with E-state index < -0.39 is 0 Å². The van der Waals surface area contributed by atoms with Gasteiger partial charge in [-0.15, -0.1) is 0 Å². The number of hydrogen-bond acceptors (Lipinski definition) is 5. The fourth-order valence-electron chi connectivity index (χ4n) is 3.90. The van der Waals surface area contributed by atoms with Crippen LogP contribution in [-0.2, 0) is 4.79 Å². The monoisotopic (exact) mass is 424 g/mol. The molecule has 0 unspecified atom stereocenters. The Bertz CT molecular complexity index is 1060. The maximum atomic E-state index is 12.9. The highest BCUT2D eigenvalue weighted by atomic mass is 35.5. The van der Waals surface area contributed by atoms with Crippen molar-refractivity contribution in [2.45, 2.75) is 25.8 Å². The predicted molar refractivity (Wildman–Crippen MR) is 121 cm³/mol. The van der Waals surface area contributed by atoms with Gasteiger partial charge in [-0.05, 0) is 74.8 Å². The fraction of sp³-hybridized carbons (Fsp3) is 0.304. The van der Waals surface area contributed by atoms with Crippen LogP contribution in [0.5, 0.6) is 5.75 Å². The van der Waals surface area contributed by atoms with Crippen LogP contribution in [0.2, 0.25) is 5.02 Å². The van der Waals surface area contributed by atoms with Crippen molar-refractivity contribution in [3.05, 3.63) is 59.2 Å². The van der Waals surface area contributed by atoms with Gasteiger partial charge in [0.05, 0.1) is 11.6 Å². The molecule has 6 nitrogen and oxygen atoms in total. The number of anilines is 2. The number of nitrogens with two attached hydrogens (primary N) is 1. The van der Waals surface area contributed by atoms with Crippen molar-refractivity contribution in [3.8, 4) is 5.75 Å². The van der Waals surface area contributed by atoms with Crippen LogP contribution in [0.4, 0.5) is 11.4 Å². The number of aromatic nitrogens is 1. The number of pyridine rings is 1. The summed E-state index contributed by atoms with van der Waals surface area (Å²) in [6, 6.07) is 14.6. The minimum Gasteiger partial charge on any atom is -0.492 e. The highest BCUT2D eigenvalue weighted by Gasteiger charge is 2.30. The van der Waals surface area contributed by atoms with Crippen LogP contribution >= 0.6 is 11.6 Å². The maximum Gasteiger partial charge on any atom is 0.241 e. The zero-order valence-electron chi connectivity index (χ0n) is 16.9. The van der Waals surface area contributed by atoms with E-state index in [1.807, 2.05) is 43.3 Å². The van der Waals surface area contributed by atoms with Gasteiger partial charge in [-0.25, -0.2) is 0 Å². The normalized spacial score (nSPS) is 16.7. The molecule has 1 aromatic heterocycles. The molecular formula is C23H25ClN4O2. The van der Waals surface area contributed by atoms with Gasteiger partial charge >= 0.3 is 0 Å². The largest absolute Gasteiger partial charge is 0.492 e. The van der Waals surface area contributed by atoms with Gasteiger partial charge in [-0.3, -0.25) is 14.7 Å². The number of aryl methyl sites for hydroxylation is 1. The zero-order chi connectivity index (χ0) is 21.1. The molecule has 1 saturated heterocycles. The van der Waals surface area contributed by atoms with Crippen molar-refractivity contribution in [1.82, 2.24) is 9.88 Å². The number of carbonyl (C=O) groups excluding carboxylic acids is 1. The smallest absolute Gasteiger partial charge is 0.241 e. The number of hydrogen-bond donors (Lipinski definition) is 2. The predicted octanol–water partition coefficient (Wildman–Crippen LogP) is 4.26. The molecule has 30 heavy (non-hydrogen) atoms. The molecule has 0 radical (unpaired) electrons. The first-order chi connectivity index (χ1) is 14.5. The highest BCUT2D eigenvalue weighted by molar-refractivity contribution is 6.30. The second-order valence-corrected chi connectivity index (χ2v) is 8.01. The molecule has 0 bridgehead atoms. The number of ether oxygens (including phenoxy) is 1. The Morgan fingerprint density at radius 1 is 1.27 bits per heavy atom. The van der Waals surface area contributed by atoms with E-state index in [0.717, 1.165) is 47.4 Å². The Labute approximate surface area is 181 Å². The second-order valence-electron chi connectivity index (χ2n) is 7.57. The molecule has 2 aromatic carbocycles. The molecule has 0 spiro atoms. The molecule has 1 aliphatic heterocycles. The van der Waals surface area contributed by atoms with E-state index in [1.165, 1.54) is 0 Å². The molecule has 3 N–H and O–H groups in total.